The van der Waals surface area contributed by atoms with Gasteiger partial charge in [-0.2, -0.15) is 0 Å². The Bertz CT molecular complexity index is 1020. The van der Waals surface area contributed by atoms with Crippen LogP contribution in [0.15, 0.2) is 41.3 Å². The van der Waals surface area contributed by atoms with Crippen LogP contribution in [0.4, 0.5) is 14.5 Å². The molecule has 0 saturated heterocycles. The Kier molecular flexibility index (Phi) is 8.87. The van der Waals surface area contributed by atoms with E-state index in [0.717, 1.165) is 18.2 Å². The normalized spacial score (nSPS) is 12.4. The van der Waals surface area contributed by atoms with E-state index in [1.165, 1.54) is 26.4 Å². The van der Waals surface area contributed by atoms with Crippen molar-refractivity contribution < 1.29 is 36.2 Å². The lowest BCUT2D eigenvalue weighted by Gasteiger charge is -2.16. The van der Waals surface area contributed by atoms with Crippen LogP contribution >= 0.6 is 0 Å². The predicted molar refractivity (Wildman–Crippen MR) is 110 cm³/mol. The monoisotopic (exact) mass is 458 g/mol. The van der Waals surface area contributed by atoms with Gasteiger partial charge in [0, 0.05) is 19.2 Å². The van der Waals surface area contributed by atoms with Gasteiger partial charge in [0.25, 0.3) is 5.91 Å². The molecule has 0 bridgehead atoms. The van der Waals surface area contributed by atoms with Crippen LogP contribution in [0, 0.1) is 11.6 Å². The van der Waals surface area contributed by atoms with Crippen LogP contribution < -0.4 is 14.8 Å². The molecule has 8 nitrogen and oxygen atoms in total. The zero-order valence-electron chi connectivity index (χ0n) is 17.3. The summed E-state index contributed by atoms with van der Waals surface area (Å²) in [5.41, 5.74) is -0.403. The smallest absolute Gasteiger partial charge is 0.259 e. The zero-order chi connectivity index (χ0) is 23.0. The molecule has 2 aromatic rings. The van der Waals surface area contributed by atoms with Crippen molar-refractivity contribution in [1.29, 1.82) is 0 Å². The van der Waals surface area contributed by atoms with E-state index in [-0.39, 0.29) is 28.5 Å². The van der Waals surface area contributed by atoms with Gasteiger partial charge < -0.3 is 19.5 Å². The Labute approximate surface area is 179 Å². The first-order valence-electron chi connectivity index (χ1n) is 9.21. The van der Waals surface area contributed by atoms with Gasteiger partial charge in [-0.1, -0.05) is 0 Å². The molecule has 0 fully saturated rings. The van der Waals surface area contributed by atoms with E-state index in [1.54, 1.807) is 6.92 Å². The highest BCUT2D eigenvalue weighted by molar-refractivity contribution is 7.89. The lowest BCUT2D eigenvalue weighted by atomic mass is 10.1. The Balaban J connectivity index is 2.21. The molecule has 0 aliphatic heterocycles. The molecule has 2 rings (SSSR count). The number of sulfonamides is 1. The van der Waals surface area contributed by atoms with E-state index in [4.69, 9.17) is 14.2 Å². The van der Waals surface area contributed by atoms with Gasteiger partial charge >= 0.3 is 0 Å². The van der Waals surface area contributed by atoms with Crippen LogP contribution in [0.5, 0.6) is 5.75 Å². The van der Waals surface area contributed by atoms with Crippen molar-refractivity contribution in [1.82, 2.24) is 4.72 Å². The molecule has 0 radical (unpaired) electrons. The number of carbonyl (C=O) groups excluding carboxylic acids is 1. The van der Waals surface area contributed by atoms with Crippen molar-refractivity contribution in [2.45, 2.75) is 17.9 Å². The molecule has 0 aliphatic carbocycles. The summed E-state index contributed by atoms with van der Waals surface area (Å²) in [4.78, 5) is 12.4. The van der Waals surface area contributed by atoms with Crippen LogP contribution in [0.1, 0.15) is 17.3 Å². The summed E-state index contributed by atoms with van der Waals surface area (Å²) in [5, 5.41) is 2.28. The third-order valence-corrected chi connectivity index (χ3v) is 5.65. The molecule has 11 heteroatoms. The number of amides is 1. The van der Waals surface area contributed by atoms with Crippen LogP contribution in [0.25, 0.3) is 0 Å². The average Bonchev–Trinajstić information content (AvgIpc) is 2.72. The van der Waals surface area contributed by atoms with Gasteiger partial charge in [0.05, 0.1) is 43.1 Å². The maximum Gasteiger partial charge on any atom is 0.259 e. The number of rotatable bonds is 11. The highest BCUT2D eigenvalue weighted by Gasteiger charge is 2.22. The van der Waals surface area contributed by atoms with Gasteiger partial charge in [0.2, 0.25) is 10.0 Å². The molecule has 2 N–H and O–H groups in total. The number of carbonyl (C=O) groups is 1. The van der Waals surface area contributed by atoms with Gasteiger partial charge in [-0.25, -0.2) is 21.9 Å². The van der Waals surface area contributed by atoms with Gasteiger partial charge in [-0.05, 0) is 37.3 Å². The SMILES string of the molecule is COCCOCC(C)NS(=O)(=O)c1ccc(OC)c(C(=O)Nc2ccc(F)cc2F)c1. The van der Waals surface area contributed by atoms with Crippen LogP contribution in [0.3, 0.4) is 0 Å². The minimum absolute atomic E-state index is 0.0786. The number of hydrogen-bond acceptors (Lipinski definition) is 6. The summed E-state index contributed by atoms with van der Waals surface area (Å²) in [6.45, 7) is 2.44. The second kappa shape index (κ2) is 11.1. The van der Waals surface area contributed by atoms with Crippen molar-refractivity contribution >= 4 is 21.6 Å². The highest BCUT2D eigenvalue weighted by Crippen LogP contribution is 2.25. The fourth-order valence-corrected chi connectivity index (χ4v) is 3.84. The second-order valence-electron chi connectivity index (χ2n) is 6.53. The first-order valence-corrected chi connectivity index (χ1v) is 10.7. The van der Waals surface area contributed by atoms with Crippen molar-refractivity contribution in [3.8, 4) is 5.75 Å². The molecule has 170 valence electrons. The number of anilines is 1. The minimum Gasteiger partial charge on any atom is -0.496 e. The van der Waals surface area contributed by atoms with E-state index in [9.17, 15) is 22.0 Å². The molecule has 2 aromatic carbocycles. The molecule has 1 amide bonds. The predicted octanol–water partition coefficient (Wildman–Crippen LogP) is 2.56. The van der Waals surface area contributed by atoms with Crippen LogP contribution in [0.2, 0.25) is 0 Å². The summed E-state index contributed by atoms with van der Waals surface area (Å²) in [5.74, 6) is -2.52. The largest absolute Gasteiger partial charge is 0.496 e. The fraction of sp³-hybridized carbons (Fsp3) is 0.350. The number of halogens is 2. The van der Waals surface area contributed by atoms with Gasteiger partial charge in [0.15, 0.2) is 0 Å². The topological polar surface area (TPSA) is 103 Å². The molecular weight excluding hydrogens is 434 g/mol. The number of ether oxygens (including phenoxy) is 3. The van der Waals surface area contributed by atoms with Crippen molar-refractivity contribution in [2.75, 3.05) is 39.4 Å². The lowest BCUT2D eigenvalue weighted by Crippen LogP contribution is -2.36. The van der Waals surface area contributed by atoms with Crippen LogP contribution in [-0.2, 0) is 19.5 Å². The third kappa shape index (κ3) is 6.96. The number of nitrogens with one attached hydrogen (secondary N) is 2. The number of hydrogen-bond donors (Lipinski definition) is 2. The summed E-state index contributed by atoms with van der Waals surface area (Å²) in [7, 11) is -1.16. The van der Waals surface area contributed by atoms with E-state index >= 15 is 0 Å². The minimum atomic E-state index is -3.99. The van der Waals surface area contributed by atoms with Crippen molar-refractivity contribution in [3.63, 3.8) is 0 Å². The first-order chi connectivity index (χ1) is 14.7. The standard InChI is InChI=1S/C20H24F2N2O6S/c1-13(12-30-9-8-28-2)24-31(26,27)15-5-7-19(29-3)16(11-15)20(25)23-18-6-4-14(21)10-17(18)22/h4-7,10-11,13,24H,8-9,12H2,1-3H3,(H,23,25). The molecule has 0 saturated carbocycles. The Morgan fingerprint density at radius 3 is 2.48 bits per heavy atom. The number of benzene rings is 2. The van der Waals surface area contributed by atoms with Gasteiger partial charge in [-0.3, -0.25) is 4.79 Å². The van der Waals surface area contributed by atoms with E-state index in [1.807, 2.05) is 0 Å². The Morgan fingerprint density at radius 2 is 1.84 bits per heavy atom. The number of methoxy groups -OCH3 is 2. The maximum atomic E-state index is 13.9. The molecular formula is C20H24F2N2O6S. The Hall–Kier alpha value is -2.60. The van der Waals surface area contributed by atoms with Crippen molar-refractivity contribution in [3.05, 3.63) is 53.6 Å². The van der Waals surface area contributed by atoms with Gasteiger partial charge in [0.1, 0.15) is 17.4 Å². The van der Waals surface area contributed by atoms with Crippen molar-refractivity contribution in [2.24, 2.45) is 0 Å². The zero-order valence-corrected chi connectivity index (χ0v) is 18.1. The van der Waals surface area contributed by atoms with E-state index in [0.29, 0.717) is 19.3 Å². The summed E-state index contributed by atoms with van der Waals surface area (Å²) >= 11 is 0. The third-order valence-electron chi connectivity index (χ3n) is 4.06. The molecule has 1 atom stereocenters. The van der Waals surface area contributed by atoms with E-state index in [2.05, 4.69) is 10.0 Å². The summed E-state index contributed by atoms with van der Waals surface area (Å²) < 4.78 is 70.0. The molecule has 31 heavy (non-hydrogen) atoms. The fourth-order valence-electron chi connectivity index (χ4n) is 2.58. The Morgan fingerprint density at radius 1 is 1.10 bits per heavy atom. The second-order valence-corrected chi connectivity index (χ2v) is 8.24. The first kappa shape index (κ1) is 24.7. The van der Waals surface area contributed by atoms with Crippen LogP contribution in [-0.4, -0.2) is 54.4 Å². The molecule has 0 aromatic heterocycles. The van der Waals surface area contributed by atoms with Gasteiger partial charge in [-0.15, -0.1) is 0 Å². The average molecular weight is 458 g/mol. The quantitative estimate of drug-likeness (QED) is 0.502. The molecule has 0 aliphatic rings. The summed E-state index contributed by atoms with van der Waals surface area (Å²) in [6, 6.07) is 5.80. The molecule has 0 heterocycles. The lowest BCUT2D eigenvalue weighted by molar-refractivity contribution is 0.0638. The molecule has 1 unspecified atom stereocenters. The maximum absolute atomic E-state index is 13.9. The highest BCUT2D eigenvalue weighted by atomic mass is 32.2. The summed E-state index contributed by atoms with van der Waals surface area (Å²) in [6.07, 6.45) is 0. The van der Waals surface area contributed by atoms with E-state index < -0.39 is 33.6 Å². The molecule has 0 spiro atoms.